The molecule has 1 aromatic carbocycles. The minimum atomic E-state index is -0.330. The number of hydrogen-bond acceptors (Lipinski definition) is 5. The maximum absolute atomic E-state index is 12.0. The molecule has 0 bridgehead atoms. The van der Waals surface area contributed by atoms with E-state index in [4.69, 9.17) is 22.7 Å². The number of thiocarbonyl (C=S) groups is 1. The van der Waals surface area contributed by atoms with Gasteiger partial charge in [0.25, 0.3) is 5.91 Å². The molecular weight excluding hydrogens is 282 g/mol. The summed E-state index contributed by atoms with van der Waals surface area (Å²) < 4.78 is 5.21. The maximum atomic E-state index is 12.0. The number of methoxy groups -OCH3 is 1. The molecule has 1 amide bonds. The molecule has 0 fully saturated rings. The Kier molecular flexibility index (Phi) is 4.08. The molecule has 19 heavy (non-hydrogen) atoms. The summed E-state index contributed by atoms with van der Waals surface area (Å²) in [6.07, 6.45) is 0. The minimum absolute atomic E-state index is 0.187. The van der Waals surface area contributed by atoms with Gasteiger partial charge in [0.2, 0.25) is 0 Å². The third-order valence-corrected chi connectivity index (χ3v) is 3.22. The van der Waals surface area contributed by atoms with Gasteiger partial charge in [-0.15, -0.1) is 11.3 Å². The molecule has 0 unspecified atom stereocenters. The van der Waals surface area contributed by atoms with E-state index >= 15 is 0 Å². The number of hydrogen-bond donors (Lipinski definition) is 2. The lowest BCUT2D eigenvalue weighted by Crippen LogP contribution is -2.18. The van der Waals surface area contributed by atoms with Crippen molar-refractivity contribution in [2.24, 2.45) is 5.73 Å². The van der Waals surface area contributed by atoms with Crippen LogP contribution in [0.4, 0.5) is 5.69 Å². The number of carbonyl (C=O) groups is 1. The second-order valence-electron chi connectivity index (χ2n) is 3.57. The molecule has 5 nitrogen and oxygen atoms in total. The summed E-state index contributed by atoms with van der Waals surface area (Å²) in [5, 5.41) is 4.38. The topological polar surface area (TPSA) is 77.2 Å². The number of carbonyl (C=O) groups excluding carboxylic acids is 1. The first-order valence-electron chi connectivity index (χ1n) is 5.30. The lowest BCUT2D eigenvalue weighted by atomic mass is 10.1. The fourth-order valence-electron chi connectivity index (χ4n) is 1.54. The van der Waals surface area contributed by atoms with E-state index in [1.807, 2.05) is 0 Å². The van der Waals surface area contributed by atoms with E-state index in [2.05, 4.69) is 10.3 Å². The monoisotopic (exact) mass is 293 g/mol. The molecule has 98 valence electrons. The van der Waals surface area contributed by atoms with Gasteiger partial charge in [0.05, 0.1) is 18.3 Å². The van der Waals surface area contributed by atoms with Gasteiger partial charge in [0.1, 0.15) is 16.4 Å². The van der Waals surface area contributed by atoms with Crippen LogP contribution >= 0.6 is 23.6 Å². The van der Waals surface area contributed by atoms with E-state index < -0.39 is 0 Å². The molecule has 0 atom stereocenters. The Morgan fingerprint density at radius 1 is 1.53 bits per heavy atom. The molecule has 1 heterocycles. The molecule has 0 spiro atoms. The van der Waals surface area contributed by atoms with Crippen LogP contribution in [-0.2, 0) is 0 Å². The number of nitrogens with one attached hydrogen (secondary N) is 1. The minimum Gasteiger partial charge on any atom is -0.495 e. The number of ether oxygens (including phenoxy) is 1. The van der Waals surface area contributed by atoms with Gasteiger partial charge in [0, 0.05) is 10.9 Å². The van der Waals surface area contributed by atoms with Crippen LogP contribution in [0.1, 0.15) is 16.1 Å². The van der Waals surface area contributed by atoms with Gasteiger partial charge in [-0.3, -0.25) is 4.79 Å². The Labute approximate surface area is 119 Å². The predicted molar refractivity (Wildman–Crippen MR) is 78.9 cm³/mol. The number of benzene rings is 1. The molecule has 1 aromatic heterocycles. The van der Waals surface area contributed by atoms with E-state index in [-0.39, 0.29) is 10.9 Å². The smallest absolute Gasteiger partial charge is 0.275 e. The summed E-state index contributed by atoms with van der Waals surface area (Å²) in [7, 11) is 1.51. The first-order valence-corrected chi connectivity index (χ1v) is 6.65. The van der Waals surface area contributed by atoms with E-state index in [1.165, 1.54) is 18.4 Å². The van der Waals surface area contributed by atoms with Gasteiger partial charge < -0.3 is 15.8 Å². The number of rotatable bonds is 4. The van der Waals surface area contributed by atoms with Gasteiger partial charge in [-0.2, -0.15) is 0 Å². The fourth-order valence-corrected chi connectivity index (χ4v) is 2.24. The van der Waals surface area contributed by atoms with E-state index in [9.17, 15) is 4.79 Å². The molecule has 0 saturated heterocycles. The number of amides is 1. The molecule has 2 rings (SSSR count). The highest BCUT2D eigenvalue weighted by Gasteiger charge is 2.16. The van der Waals surface area contributed by atoms with Gasteiger partial charge in [-0.1, -0.05) is 18.3 Å². The third kappa shape index (κ3) is 2.88. The van der Waals surface area contributed by atoms with Crippen molar-refractivity contribution in [1.82, 2.24) is 4.98 Å². The highest BCUT2D eigenvalue weighted by atomic mass is 32.1. The van der Waals surface area contributed by atoms with E-state index in [0.29, 0.717) is 22.7 Å². The predicted octanol–water partition coefficient (Wildman–Crippen LogP) is 2.04. The van der Waals surface area contributed by atoms with Gasteiger partial charge in [0.15, 0.2) is 0 Å². The third-order valence-electron chi connectivity index (χ3n) is 2.42. The number of thiazole rings is 1. The summed E-state index contributed by atoms with van der Waals surface area (Å²) in [6.45, 7) is 0. The van der Waals surface area contributed by atoms with E-state index in [0.717, 1.165) is 0 Å². The normalized spacial score (nSPS) is 9.95. The fraction of sp³-hybridized carbons (Fsp3) is 0.0833. The molecule has 0 radical (unpaired) electrons. The highest BCUT2D eigenvalue weighted by Crippen LogP contribution is 2.28. The summed E-state index contributed by atoms with van der Waals surface area (Å²) in [6, 6.07) is 5.20. The van der Waals surface area contributed by atoms with E-state index in [1.54, 1.807) is 29.1 Å². The molecule has 0 saturated carbocycles. The zero-order valence-corrected chi connectivity index (χ0v) is 11.7. The first-order chi connectivity index (χ1) is 9.13. The lowest BCUT2D eigenvalue weighted by Gasteiger charge is -2.13. The van der Waals surface area contributed by atoms with Gasteiger partial charge >= 0.3 is 0 Å². The van der Waals surface area contributed by atoms with Crippen molar-refractivity contribution < 1.29 is 9.53 Å². The Hall–Kier alpha value is -1.99. The average Bonchev–Trinajstić information content (AvgIpc) is 2.92. The van der Waals surface area contributed by atoms with Crippen LogP contribution in [0.15, 0.2) is 29.1 Å². The molecule has 0 aliphatic heterocycles. The molecular formula is C12H11N3O2S2. The summed E-state index contributed by atoms with van der Waals surface area (Å²) in [5.41, 5.74) is 8.58. The van der Waals surface area contributed by atoms with Crippen molar-refractivity contribution in [2.45, 2.75) is 0 Å². The van der Waals surface area contributed by atoms with Crippen LogP contribution in [-0.4, -0.2) is 23.0 Å². The number of nitrogens with two attached hydrogens (primary N) is 1. The van der Waals surface area contributed by atoms with Gasteiger partial charge in [-0.25, -0.2) is 4.98 Å². The Balaban J connectivity index is 2.38. The van der Waals surface area contributed by atoms with Crippen LogP contribution in [0.2, 0.25) is 0 Å². The van der Waals surface area contributed by atoms with Crippen molar-refractivity contribution in [3.05, 3.63) is 40.3 Å². The number of anilines is 1. The second kappa shape index (κ2) is 5.77. The van der Waals surface area contributed by atoms with Crippen LogP contribution < -0.4 is 15.8 Å². The van der Waals surface area contributed by atoms with Crippen LogP contribution in [0, 0.1) is 0 Å². The molecule has 3 N–H and O–H groups in total. The van der Waals surface area contributed by atoms with Crippen LogP contribution in [0.25, 0.3) is 0 Å². The molecule has 0 aliphatic carbocycles. The van der Waals surface area contributed by atoms with Crippen LogP contribution in [0.5, 0.6) is 5.75 Å². The maximum Gasteiger partial charge on any atom is 0.275 e. The van der Waals surface area contributed by atoms with Gasteiger partial charge in [-0.05, 0) is 12.1 Å². The Morgan fingerprint density at radius 3 is 2.89 bits per heavy atom. The summed E-state index contributed by atoms with van der Waals surface area (Å²) >= 11 is 6.31. The average molecular weight is 293 g/mol. The van der Waals surface area contributed by atoms with Crippen molar-refractivity contribution in [2.75, 3.05) is 12.4 Å². The molecule has 7 heteroatoms. The number of para-hydroxylation sites is 1. The summed E-state index contributed by atoms with van der Waals surface area (Å²) in [5.74, 6) is 0.164. The lowest BCUT2D eigenvalue weighted by molar-refractivity contribution is 0.102. The molecule has 0 aliphatic rings. The van der Waals surface area contributed by atoms with Crippen molar-refractivity contribution in [3.8, 4) is 5.75 Å². The Bertz CT molecular complexity index is 611. The number of nitrogens with zero attached hydrogens (tertiary/aromatic N) is 1. The highest BCUT2D eigenvalue weighted by molar-refractivity contribution is 7.80. The SMILES string of the molecule is COc1cccc(C(N)=S)c1NC(=O)c1cscn1. The van der Waals surface area contributed by atoms with Crippen LogP contribution in [0.3, 0.4) is 0 Å². The standard InChI is InChI=1S/C12H11N3O2S2/c1-17-9-4-2-3-7(11(13)18)10(9)15-12(16)8-5-19-6-14-8/h2-6H,1H3,(H2,13,18)(H,15,16). The largest absolute Gasteiger partial charge is 0.495 e. The zero-order chi connectivity index (χ0) is 13.8. The first kappa shape index (κ1) is 13.4. The summed E-state index contributed by atoms with van der Waals surface area (Å²) in [4.78, 5) is 16.1. The Morgan fingerprint density at radius 2 is 2.32 bits per heavy atom. The van der Waals surface area contributed by atoms with Crippen molar-refractivity contribution in [3.63, 3.8) is 0 Å². The second-order valence-corrected chi connectivity index (χ2v) is 4.73. The van der Waals surface area contributed by atoms with Crippen molar-refractivity contribution in [1.29, 1.82) is 0 Å². The number of aromatic nitrogens is 1. The molecule has 2 aromatic rings. The zero-order valence-electron chi connectivity index (χ0n) is 10.0. The quantitative estimate of drug-likeness (QED) is 0.844. The van der Waals surface area contributed by atoms with Crippen molar-refractivity contribution >= 4 is 40.1 Å².